The van der Waals surface area contributed by atoms with Crippen molar-refractivity contribution in [3.8, 4) is 0 Å². The molecular formula is C13H22N2O2. The molecule has 1 atom stereocenters. The van der Waals surface area contributed by atoms with Crippen LogP contribution in [0, 0.1) is 0 Å². The predicted molar refractivity (Wildman–Crippen MR) is 65.8 cm³/mol. The minimum atomic E-state index is -0.817. The third-order valence-corrected chi connectivity index (χ3v) is 3.36. The zero-order chi connectivity index (χ0) is 12.7. The third-order valence-electron chi connectivity index (χ3n) is 3.36. The van der Waals surface area contributed by atoms with Gasteiger partial charge in [0.05, 0.1) is 17.9 Å². The summed E-state index contributed by atoms with van der Waals surface area (Å²) in [5.41, 5.74) is -0.189. The molecule has 1 unspecified atom stereocenters. The Kier molecular flexibility index (Phi) is 3.04. The van der Waals surface area contributed by atoms with Gasteiger partial charge in [0.1, 0.15) is 5.60 Å². The predicted octanol–water partition coefficient (Wildman–Crippen LogP) is 2.24. The Balaban J connectivity index is 2.34. The van der Waals surface area contributed by atoms with E-state index < -0.39 is 5.60 Å². The van der Waals surface area contributed by atoms with Gasteiger partial charge in [-0.25, -0.2) is 0 Å². The lowest BCUT2D eigenvalue weighted by molar-refractivity contribution is -0.151. The van der Waals surface area contributed by atoms with E-state index in [9.17, 15) is 5.11 Å². The van der Waals surface area contributed by atoms with E-state index in [0.717, 1.165) is 5.69 Å². The second-order valence-corrected chi connectivity index (χ2v) is 5.82. The van der Waals surface area contributed by atoms with Crippen LogP contribution in [0.15, 0.2) is 12.3 Å². The summed E-state index contributed by atoms with van der Waals surface area (Å²) < 4.78 is 7.57. The minimum Gasteiger partial charge on any atom is -0.383 e. The van der Waals surface area contributed by atoms with E-state index in [1.807, 2.05) is 24.6 Å². The van der Waals surface area contributed by atoms with Crippen LogP contribution < -0.4 is 0 Å². The highest BCUT2D eigenvalue weighted by Crippen LogP contribution is 2.39. The summed E-state index contributed by atoms with van der Waals surface area (Å²) in [6.07, 6.45) is 3.00. The van der Waals surface area contributed by atoms with Gasteiger partial charge in [-0.3, -0.25) is 4.68 Å². The monoisotopic (exact) mass is 238 g/mol. The number of rotatable bonds is 2. The quantitative estimate of drug-likeness (QED) is 0.859. The summed E-state index contributed by atoms with van der Waals surface area (Å²) in [6.45, 7) is 8.78. The Morgan fingerprint density at radius 2 is 2.18 bits per heavy atom. The van der Waals surface area contributed by atoms with Gasteiger partial charge in [0, 0.05) is 25.1 Å². The topological polar surface area (TPSA) is 47.3 Å². The molecule has 0 radical (unpaired) electrons. The number of aromatic nitrogens is 2. The van der Waals surface area contributed by atoms with Gasteiger partial charge >= 0.3 is 0 Å². The molecule has 0 bridgehead atoms. The van der Waals surface area contributed by atoms with Crippen LogP contribution >= 0.6 is 0 Å². The van der Waals surface area contributed by atoms with Crippen molar-refractivity contribution in [2.75, 3.05) is 6.61 Å². The van der Waals surface area contributed by atoms with Gasteiger partial charge in [0.2, 0.25) is 0 Å². The van der Waals surface area contributed by atoms with Crippen LogP contribution in [0.1, 0.15) is 52.3 Å². The maximum absolute atomic E-state index is 10.9. The first-order valence-corrected chi connectivity index (χ1v) is 6.24. The summed E-state index contributed by atoms with van der Waals surface area (Å²) in [7, 11) is 0. The van der Waals surface area contributed by atoms with Crippen molar-refractivity contribution in [3.05, 3.63) is 18.0 Å². The molecule has 1 N–H and O–H groups in total. The zero-order valence-electron chi connectivity index (χ0n) is 11.1. The molecule has 1 aliphatic rings. The lowest BCUT2D eigenvalue weighted by atomic mass is 9.82. The van der Waals surface area contributed by atoms with E-state index in [4.69, 9.17) is 4.74 Å². The molecular weight excluding hydrogens is 216 g/mol. The molecule has 0 aromatic carbocycles. The van der Waals surface area contributed by atoms with Crippen molar-refractivity contribution in [3.63, 3.8) is 0 Å². The molecule has 96 valence electrons. The molecule has 0 aliphatic carbocycles. The molecule has 2 heterocycles. The second kappa shape index (κ2) is 4.10. The third kappa shape index (κ3) is 2.38. The average Bonchev–Trinajstić information content (AvgIpc) is 2.63. The standard InChI is InChI=1S/C13H22N2O2/c1-10(2)15-11(5-7-14-15)13(16)6-8-17-12(3,4)9-13/h5,7,10,16H,6,8-9H2,1-4H3. The summed E-state index contributed by atoms with van der Waals surface area (Å²) in [5, 5.41) is 15.2. The van der Waals surface area contributed by atoms with Crippen molar-refractivity contribution in [2.24, 2.45) is 0 Å². The van der Waals surface area contributed by atoms with Gasteiger partial charge in [-0.2, -0.15) is 5.10 Å². The van der Waals surface area contributed by atoms with Crippen molar-refractivity contribution >= 4 is 0 Å². The first kappa shape index (κ1) is 12.6. The van der Waals surface area contributed by atoms with Crippen LogP contribution in [0.4, 0.5) is 0 Å². The number of nitrogens with zero attached hydrogens (tertiary/aromatic N) is 2. The van der Waals surface area contributed by atoms with E-state index in [1.54, 1.807) is 6.20 Å². The normalized spacial score (nSPS) is 28.6. The number of hydrogen-bond donors (Lipinski definition) is 1. The Bertz CT molecular complexity index is 398. The zero-order valence-corrected chi connectivity index (χ0v) is 11.1. The Labute approximate surface area is 103 Å². The fourth-order valence-corrected chi connectivity index (χ4v) is 2.65. The van der Waals surface area contributed by atoms with E-state index in [2.05, 4.69) is 18.9 Å². The molecule has 1 aromatic rings. The van der Waals surface area contributed by atoms with Crippen LogP contribution in [0.25, 0.3) is 0 Å². The molecule has 4 heteroatoms. The first-order valence-electron chi connectivity index (χ1n) is 6.24. The highest BCUT2D eigenvalue weighted by molar-refractivity contribution is 5.15. The number of ether oxygens (including phenoxy) is 1. The molecule has 1 fully saturated rings. The van der Waals surface area contributed by atoms with E-state index in [-0.39, 0.29) is 11.6 Å². The maximum atomic E-state index is 10.9. The molecule has 1 saturated heterocycles. The number of aliphatic hydroxyl groups is 1. The molecule has 0 saturated carbocycles. The molecule has 0 amide bonds. The molecule has 17 heavy (non-hydrogen) atoms. The molecule has 1 aliphatic heterocycles. The van der Waals surface area contributed by atoms with E-state index in [0.29, 0.717) is 19.4 Å². The van der Waals surface area contributed by atoms with E-state index >= 15 is 0 Å². The van der Waals surface area contributed by atoms with Gasteiger partial charge < -0.3 is 9.84 Å². The van der Waals surface area contributed by atoms with Gasteiger partial charge in [-0.1, -0.05) is 0 Å². The van der Waals surface area contributed by atoms with Crippen LogP contribution in [0.5, 0.6) is 0 Å². The lowest BCUT2D eigenvalue weighted by Gasteiger charge is -2.41. The highest BCUT2D eigenvalue weighted by atomic mass is 16.5. The van der Waals surface area contributed by atoms with Crippen LogP contribution in [0.2, 0.25) is 0 Å². The van der Waals surface area contributed by atoms with Gasteiger partial charge in [0.25, 0.3) is 0 Å². The average molecular weight is 238 g/mol. The molecule has 1 aromatic heterocycles. The summed E-state index contributed by atoms with van der Waals surface area (Å²) in [5.74, 6) is 0. The Morgan fingerprint density at radius 1 is 1.47 bits per heavy atom. The first-order chi connectivity index (χ1) is 7.84. The van der Waals surface area contributed by atoms with Crippen LogP contribution in [0.3, 0.4) is 0 Å². The second-order valence-electron chi connectivity index (χ2n) is 5.82. The summed E-state index contributed by atoms with van der Waals surface area (Å²) in [4.78, 5) is 0. The van der Waals surface area contributed by atoms with Crippen LogP contribution in [-0.4, -0.2) is 27.1 Å². The van der Waals surface area contributed by atoms with Crippen molar-refractivity contribution in [1.29, 1.82) is 0 Å². The lowest BCUT2D eigenvalue weighted by Crippen LogP contribution is -2.45. The molecule has 0 spiro atoms. The SMILES string of the molecule is CC(C)n1nccc1C1(O)CCOC(C)(C)C1. The highest BCUT2D eigenvalue weighted by Gasteiger charge is 2.42. The van der Waals surface area contributed by atoms with Gasteiger partial charge in [-0.05, 0) is 33.8 Å². The summed E-state index contributed by atoms with van der Waals surface area (Å²) in [6, 6.07) is 2.18. The minimum absolute atomic E-state index is 0.259. The van der Waals surface area contributed by atoms with E-state index in [1.165, 1.54) is 0 Å². The smallest absolute Gasteiger partial charge is 0.111 e. The van der Waals surface area contributed by atoms with Crippen molar-refractivity contribution in [2.45, 2.75) is 57.8 Å². The maximum Gasteiger partial charge on any atom is 0.111 e. The molecule has 4 nitrogen and oxygen atoms in total. The largest absolute Gasteiger partial charge is 0.383 e. The fraction of sp³-hybridized carbons (Fsp3) is 0.769. The Morgan fingerprint density at radius 3 is 2.76 bits per heavy atom. The van der Waals surface area contributed by atoms with Crippen LogP contribution in [-0.2, 0) is 10.3 Å². The molecule has 2 rings (SSSR count). The Hall–Kier alpha value is -0.870. The fourth-order valence-electron chi connectivity index (χ4n) is 2.65. The van der Waals surface area contributed by atoms with Gasteiger partial charge in [0.15, 0.2) is 0 Å². The van der Waals surface area contributed by atoms with Crippen molar-refractivity contribution < 1.29 is 9.84 Å². The summed E-state index contributed by atoms with van der Waals surface area (Å²) >= 11 is 0. The number of hydrogen-bond acceptors (Lipinski definition) is 3. The van der Waals surface area contributed by atoms with Crippen molar-refractivity contribution in [1.82, 2.24) is 9.78 Å². The van der Waals surface area contributed by atoms with Gasteiger partial charge in [-0.15, -0.1) is 0 Å².